The van der Waals surface area contributed by atoms with Gasteiger partial charge in [-0.3, -0.25) is 0 Å². The van der Waals surface area contributed by atoms with Crippen LogP contribution in [0.1, 0.15) is 25.0 Å². The molecule has 0 amide bonds. The minimum Gasteiger partial charge on any atom is -0.400 e. The van der Waals surface area contributed by atoms with Crippen LogP contribution in [0.2, 0.25) is 0 Å². The first kappa shape index (κ1) is 15.4. The van der Waals surface area contributed by atoms with Crippen LogP contribution in [0.25, 0.3) is 0 Å². The van der Waals surface area contributed by atoms with Crippen molar-refractivity contribution < 1.29 is 5.11 Å². The second-order valence-electron chi connectivity index (χ2n) is 3.15. The van der Waals surface area contributed by atoms with Gasteiger partial charge in [0.1, 0.15) is 0 Å². The zero-order valence-electron chi connectivity index (χ0n) is 10.9. The predicted molar refractivity (Wildman–Crippen MR) is 75.2 cm³/mol. The highest BCUT2D eigenvalue weighted by molar-refractivity contribution is 5.25. The van der Waals surface area contributed by atoms with Crippen molar-refractivity contribution in [3.8, 4) is 0 Å². The van der Waals surface area contributed by atoms with Crippen molar-refractivity contribution in [3.63, 3.8) is 0 Å². The van der Waals surface area contributed by atoms with Crippen LogP contribution in [0.15, 0.2) is 60.7 Å². The number of hydrogen-bond acceptors (Lipinski definition) is 1. The Hall–Kier alpha value is -1.60. The Labute approximate surface area is 105 Å². The second kappa shape index (κ2) is 10.9. The van der Waals surface area contributed by atoms with E-state index < -0.39 is 0 Å². The van der Waals surface area contributed by atoms with Gasteiger partial charge in [-0.2, -0.15) is 0 Å². The van der Waals surface area contributed by atoms with E-state index in [0.717, 1.165) is 13.5 Å². The zero-order chi connectivity index (χ0) is 12.9. The summed E-state index contributed by atoms with van der Waals surface area (Å²) in [5.74, 6) is 0. The van der Waals surface area contributed by atoms with Gasteiger partial charge in [-0.1, -0.05) is 74.5 Å². The number of aliphatic hydroxyl groups is 1. The molecule has 0 heterocycles. The fourth-order valence-electron chi connectivity index (χ4n) is 1.43. The summed E-state index contributed by atoms with van der Waals surface area (Å²) < 4.78 is 0. The first-order valence-corrected chi connectivity index (χ1v) is 5.98. The summed E-state index contributed by atoms with van der Waals surface area (Å²) in [4.78, 5) is 0. The molecule has 0 unspecified atom stereocenters. The molecule has 0 spiro atoms. The molecule has 0 fully saturated rings. The molecule has 1 N–H and O–H groups in total. The molecule has 0 saturated heterocycles. The zero-order valence-corrected chi connectivity index (χ0v) is 10.9. The summed E-state index contributed by atoms with van der Waals surface area (Å²) in [5, 5.41) is 7.00. The first-order valence-electron chi connectivity index (χ1n) is 5.98. The lowest BCUT2D eigenvalue weighted by Crippen LogP contribution is -1.85. The molecule has 0 atom stereocenters. The van der Waals surface area contributed by atoms with Crippen molar-refractivity contribution in [2.45, 2.75) is 20.3 Å². The van der Waals surface area contributed by atoms with Gasteiger partial charge in [0, 0.05) is 7.11 Å². The molecule has 92 valence electrons. The molecular formula is C16H22O. The fourth-order valence-corrected chi connectivity index (χ4v) is 1.43. The third kappa shape index (κ3) is 6.54. The summed E-state index contributed by atoms with van der Waals surface area (Å²) >= 11 is 0. The van der Waals surface area contributed by atoms with E-state index >= 15 is 0 Å². The van der Waals surface area contributed by atoms with Gasteiger partial charge in [-0.05, 0) is 17.5 Å². The van der Waals surface area contributed by atoms with E-state index in [2.05, 4.69) is 60.7 Å². The van der Waals surface area contributed by atoms with Crippen molar-refractivity contribution in [1.82, 2.24) is 0 Å². The van der Waals surface area contributed by atoms with Crippen LogP contribution >= 0.6 is 0 Å². The van der Waals surface area contributed by atoms with E-state index in [1.807, 2.05) is 13.8 Å². The van der Waals surface area contributed by atoms with Crippen LogP contribution in [0.5, 0.6) is 0 Å². The quantitative estimate of drug-likeness (QED) is 0.829. The Morgan fingerprint density at radius 2 is 0.941 bits per heavy atom. The normalized spacial score (nSPS) is 8.24. The van der Waals surface area contributed by atoms with E-state index in [0.29, 0.717) is 0 Å². The average Bonchev–Trinajstić information content (AvgIpc) is 2.45. The Morgan fingerprint density at radius 1 is 0.647 bits per heavy atom. The molecule has 0 radical (unpaired) electrons. The van der Waals surface area contributed by atoms with E-state index in [1.54, 1.807) is 0 Å². The number of benzene rings is 2. The number of rotatable bonds is 2. The highest BCUT2D eigenvalue weighted by Gasteiger charge is 1.92. The maximum absolute atomic E-state index is 7.00. The van der Waals surface area contributed by atoms with Crippen LogP contribution in [-0.2, 0) is 6.42 Å². The third-order valence-corrected chi connectivity index (χ3v) is 2.09. The lowest BCUT2D eigenvalue weighted by molar-refractivity contribution is 0.399. The first-order chi connectivity index (χ1) is 8.45. The van der Waals surface area contributed by atoms with Gasteiger partial charge in [0.05, 0.1) is 0 Å². The molecule has 0 bridgehead atoms. The van der Waals surface area contributed by atoms with E-state index in [-0.39, 0.29) is 0 Å². The number of hydrogen-bond donors (Lipinski definition) is 1. The van der Waals surface area contributed by atoms with E-state index in [4.69, 9.17) is 5.11 Å². The second-order valence-corrected chi connectivity index (χ2v) is 3.15. The van der Waals surface area contributed by atoms with Gasteiger partial charge >= 0.3 is 0 Å². The maximum atomic E-state index is 7.00. The van der Waals surface area contributed by atoms with Crippen molar-refractivity contribution in [3.05, 3.63) is 71.8 Å². The van der Waals surface area contributed by atoms with Crippen molar-refractivity contribution >= 4 is 0 Å². The highest BCUT2D eigenvalue weighted by atomic mass is 16.2. The molecule has 2 aromatic rings. The largest absolute Gasteiger partial charge is 0.400 e. The molecule has 0 saturated carbocycles. The molecular weight excluding hydrogens is 208 g/mol. The van der Waals surface area contributed by atoms with Crippen LogP contribution in [-0.4, -0.2) is 12.2 Å². The van der Waals surface area contributed by atoms with Gasteiger partial charge in [-0.15, -0.1) is 0 Å². The van der Waals surface area contributed by atoms with Crippen molar-refractivity contribution in [2.75, 3.05) is 7.11 Å². The standard InChI is InChI=1S/C13H12.C2H6.CH4O/c1-3-7-12(8-4-1)11-13-9-5-2-6-10-13;2*1-2/h1-10H,11H2;1-2H3;2H,1H3. The summed E-state index contributed by atoms with van der Waals surface area (Å²) in [6.45, 7) is 4.00. The van der Waals surface area contributed by atoms with Crippen LogP contribution < -0.4 is 0 Å². The van der Waals surface area contributed by atoms with Crippen molar-refractivity contribution in [1.29, 1.82) is 0 Å². The summed E-state index contributed by atoms with van der Waals surface area (Å²) in [7, 11) is 1.00. The molecule has 1 nitrogen and oxygen atoms in total. The van der Waals surface area contributed by atoms with Gasteiger partial charge in [0.15, 0.2) is 0 Å². The molecule has 0 aromatic heterocycles. The SMILES string of the molecule is CC.CO.c1ccc(Cc2ccccc2)cc1. The Morgan fingerprint density at radius 3 is 1.24 bits per heavy atom. The predicted octanol–water partition coefficient (Wildman–Crippen LogP) is 3.91. The van der Waals surface area contributed by atoms with Gasteiger partial charge in [0.25, 0.3) is 0 Å². The molecule has 1 heteroatoms. The topological polar surface area (TPSA) is 20.2 Å². The summed E-state index contributed by atoms with van der Waals surface area (Å²) in [6.07, 6.45) is 1.03. The molecule has 17 heavy (non-hydrogen) atoms. The molecule has 0 aliphatic carbocycles. The minimum absolute atomic E-state index is 1.00. The molecule has 2 aromatic carbocycles. The summed E-state index contributed by atoms with van der Waals surface area (Å²) in [5.41, 5.74) is 2.74. The lowest BCUT2D eigenvalue weighted by atomic mass is 10.1. The van der Waals surface area contributed by atoms with E-state index in [9.17, 15) is 0 Å². The lowest BCUT2D eigenvalue weighted by Gasteiger charge is -2.00. The van der Waals surface area contributed by atoms with Gasteiger partial charge < -0.3 is 5.11 Å². The Balaban J connectivity index is 0.000000581. The summed E-state index contributed by atoms with van der Waals surface area (Å²) in [6, 6.07) is 21.1. The molecule has 0 aliphatic heterocycles. The average molecular weight is 230 g/mol. The van der Waals surface area contributed by atoms with Crippen molar-refractivity contribution in [2.24, 2.45) is 0 Å². The third-order valence-electron chi connectivity index (χ3n) is 2.09. The smallest absolute Gasteiger partial charge is 0.0319 e. The Bertz CT molecular complexity index is 316. The fraction of sp³-hybridized carbons (Fsp3) is 0.250. The highest BCUT2D eigenvalue weighted by Crippen LogP contribution is 2.07. The van der Waals surface area contributed by atoms with Crippen LogP contribution in [0.4, 0.5) is 0 Å². The van der Waals surface area contributed by atoms with Crippen LogP contribution in [0.3, 0.4) is 0 Å². The molecule has 0 aliphatic rings. The monoisotopic (exact) mass is 230 g/mol. The minimum atomic E-state index is 1.00. The van der Waals surface area contributed by atoms with E-state index in [1.165, 1.54) is 11.1 Å². The molecule has 2 rings (SSSR count). The Kier molecular flexibility index (Phi) is 9.88. The van der Waals surface area contributed by atoms with Gasteiger partial charge in [0.2, 0.25) is 0 Å². The van der Waals surface area contributed by atoms with Gasteiger partial charge in [-0.25, -0.2) is 0 Å². The van der Waals surface area contributed by atoms with Crippen LogP contribution in [0, 0.1) is 0 Å². The maximum Gasteiger partial charge on any atom is 0.0319 e. The number of aliphatic hydroxyl groups excluding tert-OH is 1.